The fourth-order valence-electron chi connectivity index (χ4n) is 3.92. The van der Waals surface area contributed by atoms with Crippen LogP contribution in [-0.2, 0) is 0 Å². The maximum absolute atomic E-state index is 13.4. The summed E-state index contributed by atoms with van der Waals surface area (Å²) in [6.45, 7) is 2.00. The van der Waals surface area contributed by atoms with Gasteiger partial charge in [-0.25, -0.2) is 8.78 Å². The Kier molecular flexibility index (Phi) is 3.83. The molecule has 0 amide bonds. The van der Waals surface area contributed by atoms with E-state index < -0.39 is 11.6 Å². The third kappa shape index (κ3) is 2.66. The maximum atomic E-state index is 13.4. The lowest BCUT2D eigenvalue weighted by molar-refractivity contribution is 0.230. The first kappa shape index (κ1) is 13.0. The molecular formula is C16H21F2N. The van der Waals surface area contributed by atoms with E-state index in [1.165, 1.54) is 37.8 Å². The number of nitrogens with one attached hydrogen (secondary N) is 1. The average Bonchev–Trinajstić information content (AvgIpc) is 2.96. The van der Waals surface area contributed by atoms with Crippen LogP contribution in [0.2, 0.25) is 0 Å². The minimum absolute atomic E-state index is 0.388. The van der Waals surface area contributed by atoms with Crippen molar-refractivity contribution in [2.45, 2.75) is 38.0 Å². The summed E-state index contributed by atoms with van der Waals surface area (Å²) in [5.41, 5.74) is 0.984. The minimum atomic E-state index is -0.741. The molecule has 2 aliphatic rings. The summed E-state index contributed by atoms with van der Waals surface area (Å²) in [5.74, 6) is 0.280. The molecule has 3 rings (SSSR count). The molecule has 0 spiro atoms. The third-order valence-corrected chi connectivity index (χ3v) is 4.91. The first-order valence-electron chi connectivity index (χ1n) is 7.41. The Balaban J connectivity index is 1.84. The van der Waals surface area contributed by atoms with Crippen molar-refractivity contribution in [2.24, 2.45) is 11.8 Å². The highest BCUT2D eigenvalue weighted by molar-refractivity contribution is 5.23. The van der Waals surface area contributed by atoms with Crippen LogP contribution < -0.4 is 5.32 Å². The zero-order valence-electron chi connectivity index (χ0n) is 11.2. The zero-order valence-corrected chi connectivity index (χ0v) is 11.2. The van der Waals surface area contributed by atoms with Crippen LogP contribution in [0.5, 0.6) is 0 Å². The number of piperidine rings is 1. The van der Waals surface area contributed by atoms with Crippen molar-refractivity contribution >= 4 is 0 Å². The Labute approximate surface area is 113 Å². The second kappa shape index (κ2) is 5.58. The second-order valence-corrected chi connectivity index (χ2v) is 5.98. The van der Waals surface area contributed by atoms with Crippen molar-refractivity contribution in [3.8, 4) is 0 Å². The Bertz CT molecular complexity index is 440. The monoisotopic (exact) mass is 265 g/mol. The summed E-state index contributed by atoms with van der Waals surface area (Å²) < 4.78 is 26.5. The van der Waals surface area contributed by atoms with Gasteiger partial charge in [-0.3, -0.25) is 0 Å². The molecule has 3 heteroatoms. The summed E-state index contributed by atoms with van der Waals surface area (Å²) in [6.07, 6.45) is 6.28. The lowest BCUT2D eigenvalue weighted by Crippen LogP contribution is -2.38. The molecule has 0 aromatic heterocycles. The van der Waals surface area contributed by atoms with Gasteiger partial charge in [0.15, 0.2) is 11.6 Å². The van der Waals surface area contributed by atoms with E-state index in [2.05, 4.69) is 5.32 Å². The number of rotatable bonds is 2. The van der Waals surface area contributed by atoms with Crippen LogP contribution in [0.3, 0.4) is 0 Å². The smallest absolute Gasteiger partial charge is 0.159 e. The first-order valence-corrected chi connectivity index (χ1v) is 7.41. The molecule has 1 saturated heterocycles. The third-order valence-electron chi connectivity index (χ3n) is 4.91. The highest BCUT2D eigenvalue weighted by atomic mass is 19.2. The molecular weight excluding hydrogens is 244 g/mol. The maximum Gasteiger partial charge on any atom is 0.159 e. The van der Waals surface area contributed by atoms with Crippen molar-refractivity contribution in [2.75, 3.05) is 13.1 Å². The number of benzene rings is 1. The topological polar surface area (TPSA) is 12.0 Å². The van der Waals surface area contributed by atoms with E-state index in [1.807, 2.05) is 0 Å². The molecule has 1 aliphatic carbocycles. The number of hydrogen-bond donors (Lipinski definition) is 1. The van der Waals surface area contributed by atoms with Gasteiger partial charge >= 0.3 is 0 Å². The van der Waals surface area contributed by atoms with Crippen LogP contribution in [0.1, 0.15) is 43.6 Å². The number of hydrogen-bond acceptors (Lipinski definition) is 1. The van der Waals surface area contributed by atoms with E-state index in [-0.39, 0.29) is 0 Å². The largest absolute Gasteiger partial charge is 0.316 e. The van der Waals surface area contributed by atoms with Gasteiger partial charge in [-0.2, -0.15) is 0 Å². The van der Waals surface area contributed by atoms with E-state index >= 15 is 0 Å². The first-order chi connectivity index (χ1) is 9.25. The van der Waals surface area contributed by atoms with Gasteiger partial charge in [-0.05, 0) is 55.0 Å². The minimum Gasteiger partial charge on any atom is -0.316 e. The predicted octanol–water partition coefficient (Wildman–Crippen LogP) is 3.85. The Morgan fingerprint density at radius 1 is 1.00 bits per heavy atom. The summed E-state index contributed by atoms with van der Waals surface area (Å²) in [4.78, 5) is 0. The van der Waals surface area contributed by atoms with E-state index in [1.54, 1.807) is 6.07 Å². The van der Waals surface area contributed by atoms with Crippen molar-refractivity contribution in [3.05, 3.63) is 35.4 Å². The summed E-state index contributed by atoms with van der Waals surface area (Å²) in [6, 6.07) is 4.46. The molecule has 1 aromatic rings. The summed E-state index contributed by atoms with van der Waals surface area (Å²) >= 11 is 0. The van der Waals surface area contributed by atoms with Crippen LogP contribution >= 0.6 is 0 Å². The molecule has 1 aromatic carbocycles. The highest BCUT2D eigenvalue weighted by Crippen LogP contribution is 2.42. The average molecular weight is 265 g/mol. The molecule has 2 fully saturated rings. The van der Waals surface area contributed by atoms with Crippen molar-refractivity contribution < 1.29 is 8.78 Å². The quantitative estimate of drug-likeness (QED) is 0.856. The van der Waals surface area contributed by atoms with Crippen LogP contribution in [0.15, 0.2) is 18.2 Å². The van der Waals surface area contributed by atoms with Crippen LogP contribution in [-0.4, -0.2) is 13.1 Å². The normalized spacial score (nSPS) is 28.7. The van der Waals surface area contributed by atoms with E-state index in [9.17, 15) is 8.78 Å². The molecule has 1 N–H and O–H groups in total. The van der Waals surface area contributed by atoms with Gasteiger partial charge in [0.1, 0.15) is 0 Å². The molecule has 1 aliphatic heterocycles. The summed E-state index contributed by atoms with van der Waals surface area (Å²) in [7, 11) is 0. The van der Waals surface area contributed by atoms with Crippen molar-refractivity contribution in [1.29, 1.82) is 0 Å². The van der Waals surface area contributed by atoms with Gasteiger partial charge in [0.05, 0.1) is 0 Å². The molecule has 0 bridgehead atoms. The van der Waals surface area contributed by atoms with E-state index in [0.29, 0.717) is 11.8 Å². The molecule has 19 heavy (non-hydrogen) atoms. The van der Waals surface area contributed by atoms with Gasteiger partial charge in [0.25, 0.3) is 0 Å². The Morgan fingerprint density at radius 3 is 2.53 bits per heavy atom. The van der Waals surface area contributed by atoms with Gasteiger partial charge in [-0.1, -0.05) is 31.7 Å². The molecule has 1 saturated carbocycles. The molecule has 1 heterocycles. The standard InChI is InChI=1S/C16H21F2N/c17-15-6-5-12(9-16(15)18)13-7-8-19-10-14(13)11-3-1-2-4-11/h5-6,9,11,13-14,19H,1-4,7-8,10H2. The van der Waals surface area contributed by atoms with Crippen molar-refractivity contribution in [3.63, 3.8) is 0 Å². The zero-order chi connectivity index (χ0) is 13.2. The second-order valence-electron chi connectivity index (χ2n) is 5.98. The summed E-state index contributed by atoms with van der Waals surface area (Å²) in [5, 5.41) is 3.47. The van der Waals surface area contributed by atoms with Gasteiger partial charge in [0, 0.05) is 0 Å². The molecule has 104 valence electrons. The van der Waals surface area contributed by atoms with Gasteiger partial charge < -0.3 is 5.32 Å². The lowest BCUT2D eigenvalue weighted by Gasteiger charge is -2.36. The van der Waals surface area contributed by atoms with E-state index in [4.69, 9.17) is 0 Å². The Morgan fingerprint density at radius 2 is 1.79 bits per heavy atom. The number of halogens is 2. The van der Waals surface area contributed by atoms with Gasteiger partial charge in [0.2, 0.25) is 0 Å². The molecule has 2 atom stereocenters. The fourth-order valence-corrected chi connectivity index (χ4v) is 3.92. The SMILES string of the molecule is Fc1ccc(C2CCNCC2C2CCCC2)cc1F. The van der Waals surface area contributed by atoms with Crippen LogP contribution in [0.25, 0.3) is 0 Å². The molecule has 2 unspecified atom stereocenters. The lowest BCUT2D eigenvalue weighted by atomic mass is 9.73. The fraction of sp³-hybridized carbons (Fsp3) is 0.625. The highest BCUT2D eigenvalue weighted by Gasteiger charge is 2.34. The van der Waals surface area contributed by atoms with Crippen molar-refractivity contribution in [1.82, 2.24) is 5.32 Å². The van der Waals surface area contributed by atoms with Crippen LogP contribution in [0.4, 0.5) is 8.78 Å². The van der Waals surface area contributed by atoms with E-state index in [0.717, 1.165) is 31.0 Å². The van der Waals surface area contributed by atoms with Crippen LogP contribution in [0, 0.1) is 23.5 Å². The molecule has 0 radical (unpaired) electrons. The molecule has 1 nitrogen and oxygen atoms in total. The Hall–Kier alpha value is -0.960. The predicted molar refractivity (Wildman–Crippen MR) is 72.0 cm³/mol. The van der Waals surface area contributed by atoms with Gasteiger partial charge in [-0.15, -0.1) is 0 Å².